The van der Waals surface area contributed by atoms with Crippen molar-refractivity contribution in [1.29, 1.82) is 0 Å². The minimum atomic E-state index is 0.0662. The number of nitrogens with one attached hydrogen (secondary N) is 1. The first-order valence-corrected chi connectivity index (χ1v) is 5.11. The smallest absolute Gasteiger partial charge is 0.216 e. The topological polar surface area (TPSA) is 38.3 Å². The van der Waals surface area contributed by atoms with Gasteiger partial charge in [-0.2, -0.15) is 0 Å². The fourth-order valence-corrected chi connectivity index (χ4v) is 1.24. The number of rotatable bonds is 2. The molecule has 1 amide bonds. The van der Waals surface area contributed by atoms with Crippen molar-refractivity contribution in [2.24, 2.45) is 5.92 Å². The predicted molar refractivity (Wildman–Crippen MR) is 53.6 cm³/mol. The van der Waals surface area contributed by atoms with Crippen molar-refractivity contribution in [3.8, 4) is 0 Å². The molecule has 0 atom stereocenters. The lowest BCUT2D eigenvalue weighted by molar-refractivity contribution is -0.119. The molecule has 0 aromatic carbocycles. The van der Waals surface area contributed by atoms with Crippen LogP contribution in [0.5, 0.6) is 0 Å². The van der Waals surface area contributed by atoms with E-state index in [4.69, 9.17) is 4.74 Å². The number of hydrogen-bond donors (Lipinski definition) is 1. The molecule has 0 aromatic rings. The summed E-state index contributed by atoms with van der Waals surface area (Å²) in [4.78, 5) is 10.5. The van der Waals surface area contributed by atoms with Crippen molar-refractivity contribution in [3.05, 3.63) is 0 Å². The lowest BCUT2D eigenvalue weighted by Gasteiger charge is -2.21. The number of amides is 1. The Bertz CT molecular complexity index is 131. The van der Waals surface area contributed by atoms with E-state index in [1.54, 1.807) is 6.92 Å². The van der Waals surface area contributed by atoms with Crippen LogP contribution in [-0.4, -0.2) is 25.7 Å². The van der Waals surface area contributed by atoms with Crippen LogP contribution in [-0.2, 0) is 9.53 Å². The molecule has 1 N–H and O–H groups in total. The number of carbonyl (C=O) groups is 1. The minimum absolute atomic E-state index is 0.0662. The van der Waals surface area contributed by atoms with Gasteiger partial charge in [0.15, 0.2) is 0 Å². The molecule has 1 rings (SSSR count). The molecule has 0 aromatic heterocycles. The lowest BCUT2D eigenvalue weighted by Crippen LogP contribution is -2.30. The highest BCUT2D eigenvalue weighted by atomic mass is 16.5. The van der Waals surface area contributed by atoms with Crippen LogP contribution in [0.1, 0.15) is 33.6 Å². The van der Waals surface area contributed by atoms with Crippen molar-refractivity contribution in [2.45, 2.75) is 33.6 Å². The summed E-state index contributed by atoms with van der Waals surface area (Å²) in [7, 11) is 0. The van der Waals surface area contributed by atoms with E-state index >= 15 is 0 Å². The van der Waals surface area contributed by atoms with Gasteiger partial charge in [0.05, 0.1) is 0 Å². The largest absolute Gasteiger partial charge is 0.381 e. The van der Waals surface area contributed by atoms with Gasteiger partial charge in [-0.15, -0.1) is 0 Å². The summed E-state index contributed by atoms with van der Waals surface area (Å²) in [6, 6.07) is 0. The summed E-state index contributed by atoms with van der Waals surface area (Å²) in [6.45, 7) is 8.08. The van der Waals surface area contributed by atoms with Crippen LogP contribution in [0.4, 0.5) is 0 Å². The van der Waals surface area contributed by atoms with Gasteiger partial charge in [-0.3, -0.25) is 4.79 Å². The van der Waals surface area contributed by atoms with Gasteiger partial charge in [-0.1, -0.05) is 13.8 Å². The summed E-state index contributed by atoms with van der Waals surface area (Å²) in [5.41, 5.74) is 0. The maximum absolute atomic E-state index is 10.5. The van der Waals surface area contributed by atoms with Crippen LogP contribution >= 0.6 is 0 Å². The molecule has 0 unspecified atom stereocenters. The fraction of sp³-hybridized carbons (Fsp3) is 0.900. The molecule has 0 bridgehead atoms. The van der Waals surface area contributed by atoms with Crippen LogP contribution < -0.4 is 5.32 Å². The van der Waals surface area contributed by atoms with Gasteiger partial charge in [-0.25, -0.2) is 0 Å². The Morgan fingerprint density at radius 1 is 1.38 bits per heavy atom. The molecule has 1 heterocycles. The molecule has 78 valence electrons. The van der Waals surface area contributed by atoms with Gasteiger partial charge in [0.2, 0.25) is 5.91 Å². The fourth-order valence-electron chi connectivity index (χ4n) is 1.24. The molecule has 0 radical (unpaired) electrons. The Morgan fingerprint density at radius 2 is 1.92 bits per heavy atom. The van der Waals surface area contributed by atoms with Gasteiger partial charge in [0.25, 0.3) is 0 Å². The highest BCUT2D eigenvalue weighted by Gasteiger charge is 2.13. The normalized spacial score (nSPS) is 17.2. The van der Waals surface area contributed by atoms with Gasteiger partial charge in [0.1, 0.15) is 0 Å². The van der Waals surface area contributed by atoms with E-state index in [2.05, 4.69) is 5.32 Å². The lowest BCUT2D eigenvalue weighted by atomic mass is 10.0. The van der Waals surface area contributed by atoms with Crippen LogP contribution in [0, 0.1) is 5.92 Å². The predicted octanol–water partition coefficient (Wildman–Crippen LogP) is 1.58. The summed E-state index contributed by atoms with van der Waals surface area (Å²) >= 11 is 0. The Kier molecular flexibility index (Phi) is 7.69. The van der Waals surface area contributed by atoms with Crippen molar-refractivity contribution >= 4 is 5.91 Å². The molecule has 1 aliphatic rings. The first-order chi connectivity index (χ1) is 6.29. The van der Waals surface area contributed by atoms with E-state index in [0.717, 1.165) is 32.6 Å². The molecule has 0 spiro atoms. The first kappa shape index (κ1) is 12.4. The molecule has 1 saturated heterocycles. The summed E-state index contributed by atoms with van der Waals surface area (Å²) in [5, 5.41) is 2.82. The van der Waals surface area contributed by atoms with Crippen molar-refractivity contribution in [2.75, 3.05) is 19.8 Å². The van der Waals surface area contributed by atoms with E-state index < -0.39 is 0 Å². The molecule has 3 nitrogen and oxygen atoms in total. The van der Waals surface area contributed by atoms with Crippen LogP contribution in [0.2, 0.25) is 0 Å². The third-order valence-electron chi connectivity index (χ3n) is 1.98. The Hall–Kier alpha value is -0.570. The highest BCUT2D eigenvalue weighted by Crippen LogP contribution is 2.12. The van der Waals surface area contributed by atoms with Gasteiger partial charge >= 0.3 is 0 Å². The van der Waals surface area contributed by atoms with Crippen molar-refractivity contribution < 1.29 is 9.53 Å². The monoisotopic (exact) mass is 187 g/mol. The third kappa shape index (κ3) is 6.58. The first-order valence-electron chi connectivity index (χ1n) is 5.11. The molecular formula is C10H21NO2. The third-order valence-corrected chi connectivity index (χ3v) is 1.98. The minimum Gasteiger partial charge on any atom is -0.381 e. The summed E-state index contributed by atoms with van der Waals surface area (Å²) < 4.78 is 5.19. The van der Waals surface area contributed by atoms with E-state index in [0.29, 0.717) is 5.92 Å². The van der Waals surface area contributed by atoms with Gasteiger partial charge < -0.3 is 10.1 Å². The average Bonchev–Trinajstić information content (AvgIpc) is 2.19. The summed E-state index contributed by atoms with van der Waals surface area (Å²) in [6.07, 6.45) is 2.17. The van der Waals surface area contributed by atoms with Gasteiger partial charge in [-0.05, 0) is 18.8 Å². The van der Waals surface area contributed by atoms with E-state index in [-0.39, 0.29) is 5.91 Å². The Morgan fingerprint density at radius 3 is 2.38 bits per heavy atom. The summed E-state index contributed by atoms with van der Waals surface area (Å²) in [5.74, 6) is 0.698. The van der Waals surface area contributed by atoms with E-state index in [9.17, 15) is 4.79 Å². The zero-order valence-corrected chi connectivity index (χ0v) is 8.93. The maximum Gasteiger partial charge on any atom is 0.216 e. The Labute approximate surface area is 80.8 Å². The van der Waals surface area contributed by atoms with Crippen LogP contribution in [0.25, 0.3) is 0 Å². The molecule has 0 saturated carbocycles. The second kappa shape index (κ2) is 8.05. The van der Waals surface area contributed by atoms with E-state index in [1.165, 1.54) is 0 Å². The number of carbonyl (C=O) groups excluding carboxylic acids is 1. The number of hydrogen-bond acceptors (Lipinski definition) is 2. The molecule has 1 aliphatic heterocycles. The average molecular weight is 187 g/mol. The molecule has 0 aliphatic carbocycles. The number of ether oxygens (including phenoxy) is 1. The zero-order valence-electron chi connectivity index (χ0n) is 8.93. The quantitative estimate of drug-likeness (QED) is 0.712. The van der Waals surface area contributed by atoms with Gasteiger partial charge in [0, 0.05) is 26.7 Å². The van der Waals surface area contributed by atoms with Crippen LogP contribution in [0.15, 0.2) is 0 Å². The zero-order chi connectivity index (χ0) is 10.1. The molecule has 1 fully saturated rings. The second-order valence-corrected chi connectivity index (χ2v) is 2.99. The van der Waals surface area contributed by atoms with E-state index in [1.807, 2.05) is 13.8 Å². The second-order valence-electron chi connectivity index (χ2n) is 2.99. The van der Waals surface area contributed by atoms with Crippen molar-refractivity contribution in [3.63, 3.8) is 0 Å². The molecule has 3 heteroatoms. The standard InChI is InChI=1S/C8H15NO2.C2H6/c1-7(10)9-6-8-2-4-11-5-3-8;1-2/h8H,2-6H2,1H3,(H,9,10);1-2H3. The maximum atomic E-state index is 10.5. The molecule has 13 heavy (non-hydrogen) atoms. The van der Waals surface area contributed by atoms with Crippen LogP contribution in [0.3, 0.4) is 0 Å². The SMILES string of the molecule is CC.CC(=O)NCC1CCOCC1. The highest BCUT2D eigenvalue weighted by molar-refractivity contribution is 5.72. The Balaban J connectivity index is 0.000000671. The molecular weight excluding hydrogens is 166 g/mol. The van der Waals surface area contributed by atoms with Crippen molar-refractivity contribution in [1.82, 2.24) is 5.32 Å².